The first-order chi connectivity index (χ1) is 9.27. The lowest BCUT2D eigenvalue weighted by atomic mass is 10.1. The van der Waals surface area contributed by atoms with Crippen LogP contribution < -0.4 is 10.6 Å². The lowest BCUT2D eigenvalue weighted by Crippen LogP contribution is -2.37. The Kier molecular flexibility index (Phi) is 5.45. The maximum Gasteiger partial charge on any atom is 0.267 e. The average molecular weight is 263 g/mol. The summed E-state index contributed by atoms with van der Waals surface area (Å²) in [4.78, 5) is 11.9. The topological polar surface area (TPSA) is 46.1 Å². The summed E-state index contributed by atoms with van der Waals surface area (Å²) >= 11 is 0. The minimum absolute atomic E-state index is 0.00941. The number of carbonyl (C=O) groups is 1. The van der Waals surface area contributed by atoms with Gasteiger partial charge in [-0.15, -0.1) is 0 Å². The quantitative estimate of drug-likeness (QED) is 0.631. The summed E-state index contributed by atoms with van der Waals surface area (Å²) in [7, 11) is 1.89. The second-order valence-electron chi connectivity index (χ2n) is 5.40. The SMILES string of the molecule is Cn1cccc1C(=O)NCCNC1CCCCCC1. The van der Waals surface area contributed by atoms with E-state index in [1.165, 1.54) is 38.5 Å². The molecule has 1 amide bonds. The summed E-state index contributed by atoms with van der Waals surface area (Å²) in [6.07, 6.45) is 9.89. The highest BCUT2D eigenvalue weighted by molar-refractivity contribution is 5.92. The Morgan fingerprint density at radius 3 is 2.63 bits per heavy atom. The Bertz CT molecular complexity index is 392. The van der Waals surface area contributed by atoms with Crippen molar-refractivity contribution in [3.05, 3.63) is 24.0 Å². The third-order valence-corrected chi connectivity index (χ3v) is 3.88. The molecule has 1 heterocycles. The smallest absolute Gasteiger partial charge is 0.267 e. The highest BCUT2D eigenvalue weighted by atomic mass is 16.1. The number of rotatable bonds is 5. The van der Waals surface area contributed by atoms with Crippen LogP contribution in [0.5, 0.6) is 0 Å². The van der Waals surface area contributed by atoms with Gasteiger partial charge in [-0.05, 0) is 25.0 Å². The zero-order chi connectivity index (χ0) is 13.5. The van der Waals surface area contributed by atoms with Gasteiger partial charge in [-0.2, -0.15) is 0 Å². The normalized spacial score (nSPS) is 17.1. The second-order valence-corrected chi connectivity index (χ2v) is 5.40. The lowest BCUT2D eigenvalue weighted by Gasteiger charge is -2.16. The number of carbonyl (C=O) groups excluding carboxylic acids is 1. The number of nitrogens with one attached hydrogen (secondary N) is 2. The molecule has 1 fully saturated rings. The van der Waals surface area contributed by atoms with Crippen LogP contribution >= 0.6 is 0 Å². The van der Waals surface area contributed by atoms with Crippen molar-refractivity contribution in [1.29, 1.82) is 0 Å². The van der Waals surface area contributed by atoms with Crippen molar-refractivity contribution < 1.29 is 4.79 Å². The Balaban J connectivity index is 1.64. The van der Waals surface area contributed by atoms with E-state index in [-0.39, 0.29) is 5.91 Å². The molecule has 2 rings (SSSR count). The molecule has 0 unspecified atom stereocenters. The van der Waals surface area contributed by atoms with Gasteiger partial charge < -0.3 is 15.2 Å². The number of aryl methyl sites for hydroxylation is 1. The van der Waals surface area contributed by atoms with Crippen LogP contribution in [-0.4, -0.2) is 29.6 Å². The van der Waals surface area contributed by atoms with Crippen molar-refractivity contribution >= 4 is 5.91 Å². The highest BCUT2D eigenvalue weighted by Crippen LogP contribution is 2.16. The van der Waals surface area contributed by atoms with E-state index >= 15 is 0 Å². The average Bonchev–Trinajstić information content (AvgIpc) is 2.68. The Hall–Kier alpha value is -1.29. The molecule has 0 saturated heterocycles. The van der Waals surface area contributed by atoms with Crippen molar-refractivity contribution in [3.8, 4) is 0 Å². The first kappa shape index (κ1) is 14.1. The molecule has 0 radical (unpaired) electrons. The van der Waals surface area contributed by atoms with E-state index in [4.69, 9.17) is 0 Å². The third-order valence-electron chi connectivity index (χ3n) is 3.88. The van der Waals surface area contributed by atoms with E-state index in [0.717, 1.165) is 12.2 Å². The summed E-state index contributed by atoms with van der Waals surface area (Å²) in [5.41, 5.74) is 0.717. The Labute approximate surface area is 115 Å². The fourth-order valence-corrected chi connectivity index (χ4v) is 2.72. The summed E-state index contributed by atoms with van der Waals surface area (Å²) in [6, 6.07) is 4.38. The molecule has 106 valence electrons. The van der Waals surface area contributed by atoms with E-state index in [9.17, 15) is 4.79 Å². The second kappa shape index (κ2) is 7.34. The molecule has 0 aromatic carbocycles. The molecule has 0 aliphatic heterocycles. The van der Waals surface area contributed by atoms with Gasteiger partial charge in [0.25, 0.3) is 5.91 Å². The Morgan fingerprint density at radius 1 is 1.26 bits per heavy atom. The minimum atomic E-state index is 0.00941. The molecule has 1 aromatic heterocycles. The summed E-state index contributed by atoms with van der Waals surface area (Å²) in [5, 5.41) is 6.51. The lowest BCUT2D eigenvalue weighted by molar-refractivity contribution is 0.0945. The molecule has 0 atom stereocenters. The van der Waals surface area contributed by atoms with Crippen LogP contribution in [0.4, 0.5) is 0 Å². The zero-order valence-corrected chi connectivity index (χ0v) is 11.8. The molecular formula is C15H25N3O. The van der Waals surface area contributed by atoms with Crippen molar-refractivity contribution in [2.75, 3.05) is 13.1 Å². The number of hydrogen-bond acceptors (Lipinski definition) is 2. The van der Waals surface area contributed by atoms with Crippen LogP contribution in [0.2, 0.25) is 0 Å². The molecule has 1 aromatic rings. The maximum atomic E-state index is 11.9. The van der Waals surface area contributed by atoms with Crippen LogP contribution in [0.1, 0.15) is 49.0 Å². The molecule has 19 heavy (non-hydrogen) atoms. The fraction of sp³-hybridized carbons (Fsp3) is 0.667. The largest absolute Gasteiger partial charge is 0.349 e. The van der Waals surface area contributed by atoms with Gasteiger partial charge in [0.15, 0.2) is 0 Å². The molecule has 2 N–H and O–H groups in total. The van der Waals surface area contributed by atoms with Crippen LogP contribution in [0, 0.1) is 0 Å². The predicted octanol–water partition coefficient (Wildman–Crippen LogP) is 2.07. The van der Waals surface area contributed by atoms with Crippen molar-refractivity contribution in [3.63, 3.8) is 0 Å². The summed E-state index contributed by atoms with van der Waals surface area (Å²) in [5.74, 6) is 0.00941. The minimum Gasteiger partial charge on any atom is -0.349 e. The number of hydrogen-bond donors (Lipinski definition) is 2. The number of amides is 1. The van der Waals surface area contributed by atoms with Gasteiger partial charge in [0.05, 0.1) is 0 Å². The van der Waals surface area contributed by atoms with E-state index < -0.39 is 0 Å². The highest BCUT2D eigenvalue weighted by Gasteiger charge is 2.11. The molecule has 4 heteroatoms. The van der Waals surface area contributed by atoms with E-state index in [0.29, 0.717) is 12.6 Å². The molecule has 1 saturated carbocycles. The van der Waals surface area contributed by atoms with Crippen LogP contribution in [0.25, 0.3) is 0 Å². The van der Waals surface area contributed by atoms with Gasteiger partial charge in [-0.1, -0.05) is 25.7 Å². The molecule has 1 aliphatic rings. The third kappa shape index (κ3) is 4.39. The zero-order valence-electron chi connectivity index (χ0n) is 11.8. The van der Waals surface area contributed by atoms with Gasteiger partial charge >= 0.3 is 0 Å². The van der Waals surface area contributed by atoms with Crippen molar-refractivity contribution in [2.24, 2.45) is 7.05 Å². The Morgan fingerprint density at radius 2 is 2.00 bits per heavy atom. The summed E-state index contributed by atoms with van der Waals surface area (Å²) < 4.78 is 1.84. The number of aromatic nitrogens is 1. The van der Waals surface area contributed by atoms with Crippen molar-refractivity contribution in [2.45, 2.75) is 44.6 Å². The first-order valence-electron chi connectivity index (χ1n) is 7.40. The van der Waals surface area contributed by atoms with Crippen LogP contribution in [-0.2, 0) is 7.05 Å². The van der Waals surface area contributed by atoms with Crippen molar-refractivity contribution in [1.82, 2.24) is 15.2 Å². The first-order valence-corrected chi connectivity index (χ1v) is 7.40. The van der Waals surface area contributed by atoms with E-state index in [1.807, 2.05) is 29.9 Å². The monoisotopic (exact) mass is 263 g/mol. The molecule has 0 bridgehead atoms. The van der Waals surface area contributed by atoms with E-state index in [1.54, 1.807) is 0 Å². The predicted molar refractivity (Wildman–Crippen MR) is 77.2 cm³/mol. The molecular weight excluding hydrogens is 238 g/mol. The fourth-order valence-electron chi connectivity index (χ4n) is 2.72. The van der Waals surface area contributed by atoms with E-state index in [2.05, 4.69) is 10.6 Å². The van der Waals surface area contributed by atoms with Gasteiger partial charge in [0.1, 0.15) is 5.69 Å². The maximum absolute atomic E-state index is 11.9. The molecule has 4 nitrogen and oxygen atoms in total. The van der Waals surface area contributed by atoms with Gasteiger partial charge in [-0.25, -0.2) is 0 Å². The van der Waals surface area contributed by atoms with Gasteiger partial charge in [0.2, 0.25) is 0 Å². The van der Waals surface area contributed by atoms with Crippen LogP contribution in [0.15, 0.2) is 18.3 Å². The molecule has 1 aliphatic carbocycles. The van der Waals surface area contributed by atoms with Gasteiger partial charge in [-0.3, -0.25) is 4.79 Å². The summed E-state index contributed by atoms with van der Waals surface area (Å²) in [6.45, 7) is 1.56. The van der Waals surface area contributed by atoms with Gasteiger partial charge in [0, 0.05) is 32.4 Å². The number of nitrogens with zero attached hydrogens (tertiary/aromatic N) is 1. The standard InChI is InChI=1S/C15H25N3O/c1-18-12-6-9-14(18)15(19)17-11-10-16-13-7-4-2-3-5-8-13/h6,9,12-13,16H,2-5,7-8,10-11H2,1H3,(H,17,19). The van der Waals surface area contributed by atoms with Crippen LogP contribution in [0.3, 0.4) is 0 Å². The molecule has 0 spiro atoms.